The SMILES string of the molecule is COC(=O)/C=C/c1ccc2c(c1)nc(C1CCCCC1)n2CC(C)(C)CN(C)C. The summed E-state index contributed by atoms with van der Waals surface area (Å²) in [5.74, 6) is 1.44. The molecule has 158 valence electrons. The third-order valence-corrected chi connectivity index (χ3v) is 5.72. The molecule has 29 heavy (non-hydrogen) atoms. The number of carbonyl (C=O) groups excluding carboxylic acids is 1. The van der Waals surface area contributed by atoms with Crippen LogP contribution in [0.4, 0.5) is 0 Å². The zero-order valence-corrected chi connectivity index (χ0v) is 18.6. The van der Waals surface area contributed by atoms with Crippen LogP contribution < -0.4 is 0 Å². The summed E-state index contributed by atoms with van der Waals surface area (Å²) in [6.07, 6.45) is 9.63. The van der Waals surface area contributed by atoms with Gasteiger partial charge < -0.3 is 14.2 Å². The van der Waals surface area contributed by atoms with Crippen molar-refractivity contribution < 1.29 is 9.53 Å². The number of imidazole rings is 1. The van der Waals surface area contributed by atoms with Gasteiger partial charge in [-0.15, -0.1) is 0 Å². The minimum absolute atomic E-state index is 0.143. The van der Waals surface area contributed by atoms with Crippen LogP contribution in [-0.2, 0) is 16.1 Å². The number of hydrogen-bond donors (Lipinski definition) is 0. The highest BCUT2D eigenvalue weighted by molar-refractivity contribution is 5.88. The molecule has 0 bridgehead atoms. The van der Waals surface area contributed by atoms with Gasteiger partial charge in [0.15, 0.2) is 0 Å². The number of methoxy groups -OCH3 is 1. The summed E-state index contributed by atoms with van der Waals surface area (Å²) in [6, 6.07) is 6.29. The summed E-state index contributed by atoms with van der Waals surface area (Å²) >= 11 is 0. The molecule has 0 atom stereocenters. The van der Waals surface area contributed by atoms with E-state index in [1.54, 1.807) is 6.08 Å². The molecule has 1 aliphatic rings. The van der Waals surface area contributed by atoms with Gasteiger partial charge in [-0.2, -0.15) is 0 Å². The second-order valence-electron chi connectivity index (χ2n) is 9.40. The van der Waals surface area contributed by atoms with Crippen LogP contribution in [0.25, 0.3) is 17.1 Å². The molecule has 1 aromatic heterocycles. The number of ether oxygens (including phenoxy) is 1. The Morgan fingerprint density at radius 2 is 2.00 bits per heavy atom. The van der Waals surface area contributed by atoms with Crippen molar-refractivity contribution >= 4 is 23.1 Å². The number of hydrogen-bond acceptors (Lipinski definition) is 4. The molecule has 1 heterocycles. The van der Waals surface area contributed by atoms with E-state index in [1.807, 2.05) is 0 Å². The molecule has 1 fully saturated rings. The number of rotatable bonds is 7. The fourth-order valence-corrected chi connectivity index (χ4v) is 4.67. The average Bonchev–Trinajstić information content (AvgIpc) is 3.02. The van der Waals surface area contributed by atoms with Gasteiger partial charge in [-0.25, -0.2) is 9.78 Å². The second kappa shape index (κ2) is 9.12. The minimum Gasteiger partial charge on any atom is -0.466 e. The third kappa shape index (κ3) is 5.47. The molecule has 5 nitrogen and oxygen atoms in total. The van der Waals surface area contributed by atoms with Gasteiger partial charge in [0.05, 0.1) is 18.1 Å². The summed E-state index contributed by atoms with van der Waals surface area (Å²) in [7, 11) is 5.66. The molecule has 1 aliphatic carbocycles. The number of benzene rings is 1. The second-order valence-corrected chi connectivity index (χ2v) is 9.40. The van der Waals surface area contributed by atoms with E-state index in [4.69, 9.17) is 9.72 Å². The highest BCUT2D eigenvalue weighted by Gasteiger charge is 2.27. The van der Waals surface area contributed by atoms with Crippen molar-refractivity contribution in [3.8, 4) is 0 Å². The van der Waals surface area contributed by atoms with Crippen molar-refractivity contribution in [2.45, 2.75) is 58.4 Å². The van der Waals surface area contributed by atoms with Gasteiger partial charge in [0, 0.05) is 25.1 Å². The lowest BCUT2D eigenvalue weighted by Crippen LogP contribution is -2.33. The Balaban J connectivity index is 2.00. The van der Waals surface area contributed by atoms with E-state index in [-0.39, 0.29) is 11.4 Å². The van der Waals surface area contributed by atoms with Crippen molar-refractivity contribution in [3.05, 3.63) is 35.7 Å². The molecule has 1 saturated carbocycles. The van der Waals surface area contributed by atoms with Crippen molar-refractivity contribution in [1.82, 2.24) is 14.5 Å². The van der Waals surface area contributed by atoms with Crippen LogP contribution in [0.5, 0.6) is 0 Å². The van der Waals surface area contributed by atoms with Crippen molar-refractivity contribution in [2.24, 2.45) is 5.41 Å². The topological polar surface area (TPSA) is 47.4 Å². The smallest absolute Gasteiger partial charge is 0.330 e. The molecule has 0 saturated heterocycles. The third-order valence-electron chi connectivity index (χ3n) is 5.72. The summed E-state index contributed by atoms with van der Waals surface area (Å²) in [5.41, 5.74) is 3.31. The average molecular weight is 398 g/mol. The molecular formula is C24H35N3O2. The first-order chi connectivity index (χ1) is 13.8. The zero-order valence-electron chi connectivity index (χ0n) is 18.6. The lowest BCUT2D eigenvalue weighted by Gasteiger charge is -2.31. The quantitative estimate of drug-likeness (QED) is 0.495. The predicted molar refractivity (Wildman–Crippen MR) is 119 cm³/mol. The Bertz CT molecular complexity index is 874. The number of aromatic nitrogens is 2. The van der Waals surface area contributed by atoms with E-state index in [1.165, 1.54) is 56.6 Å². The number of fused-ring (bicyclic) bond motifs is 1. The summed E-state index contributed by atoms with van der Waals surface area (Å²) in [5, 5.41) is 0. The first-order valence-corrected chi connectivity index (χ1v) is 10.7. The Kier molecular flexibility index (Phi) is 6.78. The molecule has 0 amide bonds. The van der Waals surface area contributed by atoms with Crippen LogP contribution in [-0.4, -0.2) is 48.2 Å². The molecule has 0 spiro atoms. The molecule has 5 heteroatoms. The molecule has 3 rings (SSSR count). The Morgan fingerprint density at radius 1 is 1.28 bits per heavy atom. The molecule has 2 aromatic rings. The van der Waals surface area contributed by atoms with Gasteiger partial charge in [-0.3, -0.25) is 0 Å². The largest absolute Gasteiger partial charge is 0.466 e. The Hall–Kier alpha value is -2.14. The number of carbonyl (C=O) groups is 1. The monoisotopic (exact) mass is 397 g/mol. The van der Waals surface area contributed by atoms with Crippen LogP contribution in [0, 0.1) is 5.41 Å². The van der Waals surface area contributed by atoms with Gasteiger partial charge in [0.2, 0.25) is 0 Å². The maximum absolute atomic E-state index is 11.4. The Morgan fingerprint density at radius 3 is 2.66 bits per heavy atom. The molecule has 0 unspecified atom stereocenters. The summed E-state index contributed by atoms with van der Waals surface area (Å²) < 4.78 is 7.16. The predicted octanol–water partition coefficient (Wildman–Crippen LogP) is 4.86. The number of esters is 1. The fourth-order valence-electron chi connectivity index (χ4n) is 4.67. The van der Waals surface area contributed by atoms with E-state index >= 15 is 0 Å². The summed E-state index contributed by atoms with van der Waals surface area (Å²) in [6.45, 7) is 6.63. The van der Waals surface area contributed by atoms with Crippen LogP contribution in [0.15, 0.2) is 24.3 Å². The standard InChI is InChI=1S/C24H35N3O2/c1-24(2,16-26(3)4)17-27-21-13-11-18(12-14-22(28)29-5)15-20(21)25-23(27)19-9-7-6-8-10-19/h11-15,19H,6-10,16-17H2,1-5H3/b14-12+. The molecule has 1 aromatic carbocycles. The van der Waals surface area contributed by atoms with Crippen LogP contribution in [0.2, 0.25) is 0 Å². The molecule has 0 N–H and O–H groups in total. The number of nitrogens with zero attached hydrogens (tertiary/aromatic N) is 3. The molecule has 0 aliphatic heterocycles. The first kappa shape index (κ1) is 21.6. The van der Waals surface area contributed by atoms with Crippen molar-refractivity contribution in [2.75, 3.05) is 27.7 Å². The van der Waals surface area contributed by atoms with Gasteiger partial charge in [-0.1, -0.05) is 39.2 Å². The molecular weight excluding hydrogens is 362 g/mol. The van der Waals surface area contributed by atoms with Crippen LogP contribution in [0.3, 0.4) is 0 Å². The van der Waals surface area contributed by atoms with Gasteiger partial charge in [0.1, 0.15) is 5.82 Å². The van der Waals surface area contributed by atoms with E-state index in [2.05, 4.69) is 55.6 Å². The van der Waals surface area contributed by atoms with E-state index in [0.717, 1.165) is 24.2 Å². The van der Waals surface area contributed by atoms with Gasteiger partial charge in [-0.05, 0) is 56.1 Å². The van der Waals surface area contributed by atoms with Crippen LogP contribution in [0.1, 0.15) is 63.3 Å². The minimum atomic E-state index is -0.344. The van der Waals surface area contributed by atoms with Crippen LogP contribution >= 0.6 is 0 Å². The maximum Gasteiger partial charge on any atom is 0.330 e. The van der Waals surface area contributed by atoms with Gasteiger partial charge in [0.25, 0.3) is 0 Å². The maximum atomic E-state index is 11.4. The van der Waals surface area contributed by atoms with E-state index in [0.29, 0.717) is 5.92 Å². The highest BCUT2D eigenvalue weighted by atomic mass is 16.5. The first-order valence-electron chi connectivity index (χ1n) is 10.7. The molecule has 0 radical (unpaired) electrons. The fraction of sp³-hybridized carbons (Fsp3) is 0.583. The zero-order chi connectivity index (χ0) is 21.0. The highest BCUT2D eigenvalue weighted by Crippen LogP contribution is 2.35. The van der Waals surface area contributed by atoms with Gasteiger partial charge >= 0.3 is 5.97 Å². The lowest BCUT2D eigenvalue weighted by atomic mass is 9.88. The normalized spacial score (nSPS) is 16.2. The summed E-state index contributed by atoms with van der Waals surface area (Å²) in [4.78, 5) is 18.8. The van der Waals surface area contributed by atoms with Crippen molar-refractivity contribution in [3.63, 3.8) is 0 Å². The van der Waals surface area contributed by atoms with Crippen molar-refractivity contribution in [1.29, 1.82) is 0 Å². The Labute approximate surface area is 174 Å². The van der Waals surface area contributed by atoms with E-state index in [9.17, 15) is 4.79 Å². The lowest BCUT2D eigenvalue weighted by molar-refractivity contribution is -0.134. The van der Waals surface area contributed by atoms with E-state index < -0.39 is 0 Å².